The number of carbonyl (C=O) groups excluding carboxylic acids is 1. The van der Waals surface area contributed by atoms with Gasteiger partial charge < -0.3 is 15.8 Å². The average molecular weight is 251 g/mol. The smallest absolute Gasteiger partial charge is 0.227 e. The summed E-state index contributed by atoms with van der Waals surface area (Å²) in [5.41, 5.74) is 8.01. The fourth-order valence-corrected chi connectivity index (χ4v) is 1.67. The minimum atomic E-state index is -0.228. The number of hydrogen-bond acceptors (Lipinski definition) is 4. The Hall–Kier alpha value is -1.46. The molecule has 100 valence electrons. The highest BCUT2D eigenvalue weighted by molar-refractivity contribution is 5.91. The number of rotatable bonds is 6. The van der Waals surface area contributed by atoms with Crippen LogP contribution < -0.4 is 11.1 Å². The summed E-state index contributed by atoms with van der Waals surface area (Å²) in [6.45, 7) is 6.56. The second-order valence-electron chi connectivity index (χ2n) is 4.15. The van der Waals surface area contributed by atoms with Gasteiger partial charge in [-0.3, -0.25) is 9.78 Å². The van der Waals surface area contributed by atoms with Crippen LogP contribution in [0.1, 0.15) is 24.7 Å². The number of nitrogens with two attached hydrogens (primary N) is 1. The van der Waals surface area contributed by atoms with Crippen LogP contribution in [0, 0.1) is 13.8 Å². The van der Waals surface area contributed by atoms with E-state index < -0.39 is 0 Å². The lowest BCUT2D eigenvalue weighted by molar-refractivity contribution is -0.118. The van der Waals surface area contributed by atoms with Crippen molar-refractivity contribution in [2.24, 2.45) is 5.73 Å². The van der Waals surface area contributed by atoms with Crippen molar-refractivity contribution in [2.75, 3.05) is 18.5 Å². The molecule has 1 amide bonds. The second-order valence-corrected chi connectivity index (χ2v) is 4.15. The number of carbonyl (C=O) groups is 1. The van der Waals surface area contributed by atoms with Crippen LogP contribution in [0.3, 0.4) is 0 Å². The molecule has 1 aromatic heterocycles. The molecule has 1 aromatic rings. The summed E-state index contributed by atoms with van der Waals surface area (Å²) in [6.07, 6.45) is 0.0335. The third-order valence-corrected chi connectivity index (χ3v) is 2.58. The molecule has 0 aliphatic heterocycles. The Labute approximate surface area is 108 Å². The van der Waals surface area contributed by atoms with Crippen LogP contribution >= 0.6 is 0 Å². The van der Waals surface area contributed by atoms with Crippen LogP contribution in [0.5, 0.6) is 0 Å². The Bertz CT molecular complexity index is 407. The molecule has 3 N–H and O–H groups in total. The number of amides is 1. The number of pyridine rings is 1. The zero-order valence-electron chi connectivity index (χ0n) is 11.2. The third-order valence-electron chi connectivity index (χ3n) is 2.58. The topological polar surface area (TPSA) is 77.2 Å². The maximum atomic E-state index is 11.8. The van der Waals surface area contributed by atoms with Crippen LogP contribution in [0.2, 0.25) is 0 Å². The van der Waals surface area contributed by atoms with Crippen molar-refractivity contribution in [3.63, 3.8) is 0 Å². The zero-order chi connectivity index (χ0) is 13.5. The van der Waals surface area contributed by atoms with Crippen molar-refractivity contribution < 1.29 is 9.53 Å². The SMILES string of the molecule is CCOC(CN)CC(=O)Nc1ccc(C)nc1C. The molecule has 0 spiro atoms. The number of aromatic nitrogens is 1. The van der Waals surface area contributed by atoms with Crippen LogP contribution in [-0.4, -0.2) is 30.1 Å². The lowest BCUT2D eigenvalue weighted by Gasteiger charge is -2.15. The van der Waals surface area contributed by atoms with E-state index in [0.29, 0.717) is 13.2 Å². The van der Waals surface area contributed by atoms with Crippen LogP contribution in [0.25, 0.3) is 0 Å². The van der Waals surface area contributed by atoms with E-state index in [1.165, 1.54) is 0 Å². The summed E-state index contributed by atoms with van der Waals surface area (Å²) in [5.74, 6) is -0.104. The molecule has 0 bridgehead atoms. The summed E-state index contributed by atoms with van der Waals surface area (Å²) in [4.78, 5) is 16.1. The summed E-state index contributed by atoms with van der Waals surface area (Å²) >= 11 is 0. The maximum Gasteiger partial charge on any atom is 0.227 e. The molecule has 0 radical (unpaired) electrons. The third kappa shape index (κ3) is 4.43. The van der Waals surface area contributed by atoms with E-state index in [-0.39, 0.29) is 18.4 Å². The van der Waals surface area contributed by atoms with Gasteiger partial charge in [0, 0.05) is 18.8 Å². The lowest BCUT2D eigenvalue weighted by atomic mass is 10.2. The number of ether oxygens (including phenoxy) is 1. The van der Waals surface area contributed by atoms with Gasteiger partial charge in [-0.1, -0.05) is 0 Å². The highest BCUT2D eigenvalue weighted by Crippen LogP contribution is 2.13. The van der Waals surface area contributed by atoms with Gasteiger partial charge in [-0.05, 0) is 32.9 Å². The van der Waals surface area contributed by atoms with Gasteiger partial charge in [0.25, 0.3) is 0 Å². The first-order chi connectivity index (χ1) is 8.56. The Morgan fingerprint density at radius 3 is 2.78 bits per heavy atom. The van der Waals surface area contributed by atoms with Gasteiger partial charge in [0.2, 0.25) is 5.91 Å². The minimum Gasteiger partial charge on any atom is -0.377 e. The van der Waals surface area contributed by atoms with Gasteiger partial charge in [-0.15, -0.1) is 0 Å². The number of nitrogens with one attached hydrogen (secondary N) is 1. The van der Waals surface area contributed by atoms with Crippen molar-refractivity contribution in [1.82, 2.24) is 4.98 Å². The minimum absolute atomic E-state index is 0.104. The fourth-order valence-electron chi connectivity index (χ4n) is 1.67. The fraction of sp³-hybridized carbons (Fsp3) is 0.538. The molecular weight excluding hydrogens is 230 g/mol. The van der Waals surface area contributed by atoms with Gasteiger partial charge in [0.1, 0.15) is 0 Å². The molecule has 0 saturated heterocycles. The predicted molar refractivity (Wildman–Crippen MR) is 71.4 cm³/mol. The molecule has 0 aliphatic rings. The molecule has 0 fully saturated rings. The van der Waals surface area contributed by atoms with E-state index in [2.05, 4.69) is 10.3 Å². The van der Waals surface area contributed by atoms with Gasteiger partial charge in [-0.2, -0.15) is 0 Å². The number of nitrogens with zero attached hydrogens (tertiary/aromatic N) is 1. The van der Waals surface area contributed by atoms with E-state index in [0.717, 1.165) is 17.1 Å². The Morgan fingerprint density at radius 2 is 2.22 bits per heavy atom. The van der Waals surface area contributed by atoms with E-state index in [9.17, 15) is 4.79 Å². The van der Waals surface area contributed by atoms with Gasteiger partial charge in [-0.25, -0.2) is 0 Å². The zero-order valence-corrected chi connectivity index (χ0v) is 11.2. The van der Waals surface area contributed by atoms with Crippen molar-refractivity contribution in [3.8, 4) is 0 Å². The van der Waals surface area contributed by atoms with Crippen LogP contribution in [0.15, 0.2) is 12.1 Å². The summed E-state index contributed by atoms with van der Waals surface area (Å²) < 4.78 is 5.35. The molecule has 5 nitrogen and oxygen atoms in total. The Morgan fingerprint density at radius 1 is 1.50 bits per heavy atom. The molecule has 1 rings (SSSR count). The van der Waals surface area contributed by atoms with E-state index in [4.69, 9.17) is 10.5 Å². The van der Waals surface area contributed by atoms with Crippen LogP contribution in [-0.2, 0) is 9.53 Å². The first kappa shape index (κ1) is 14.6. The number of aryl methyl sites for hydroxylation is 2. The normalized spacial score (nSPS) is 12.2. The van der Waals surface area contributed by atoms with E-state index in [1.807, 2.05) is 32.9 Å². The molecule has 1 heterocycles. The average Bonchev–Trinajstić information content (AvgIpc) is 2.32. The highest BCUT2D eigenvalue weighted by Gasteiger charge is 2.13. The molecule has 1 unspecified atom stereocenters. The molecule has 0 saturated carbocycles. The molecule has 18 heavy (non-hydrogen) atoms. The Balaban J connectivity index is 2.58. The summed E-state index contributed by atoms with van der Waals surface area (Å²) in [5, 5.41) is 2.82. The van der Waals surface area contributed by atoms with E-state index in [1.54, 1.807) is 0 Å². The lowest BCUT2D eigenvalue weighted by Crippen LogP contribution is -2.29. The summed E-state index contributed by atoms with van der Waals surface area (Å²) in [6, 6.07) is 3.72. The predicted octanol–water partition coefficient (Wildman–Crippen LogP) is 1.39. The van der Waals surface area contributed by atoms with E-state index >= 15 is 0 Å². The monoisotopic (exact) mass is 251 g/mol. The first-order valence-electron chi connectivity index (χ1n) is 6.12. The highest BCUT2D eigenvalue weighted by atomic mass is 16.5. The van der Waals surface area contributed by atoms with Crippen molar-refractivity contribution in [3.05, 3.63) is 23.5 Å². The quantitative estimate of drug-likeness (QED) is 0.801. The Kier molecular flexibility index (Phi) is 5.74. The molecule has 0 aliphatic carbocycles. The standard InChI is InChI=1S/C13H21N3O2/c1-4-18-11(8-14)7-13(17)16-12-6-5-9(2)15-10(12)3/h5-6,11H,4,7-8,14H2,1-3H3,(H,16,17). The number of anilines is 1. The van der Waals surface area contributed by atoms with Gasteiger partial charge in [0.15, 0.2) is 0 Å². The maximum absolute atomic E-state index is 11.8. The van der Waals surface area contributed by atoms with Gasteiger partial charge >= 0.3 is 0 Å². The van der Waals surface area contributed by atoms with Crippen molar-refractivity contribution >= 4 is 11.6 Å². The van der Waals surface area contributed by atoms with Gasteiger partial charge in [0.05, 0.1) is 23.9 Å². The largest absolute Gasteiger partial charge is 0.377 e. The molecule has 0 aromatic carbocycles. The molecular formula is C13H21N3O2. The van der Waals surface area contributed by atoms with Crippen molar-refractivity contribution in [1.29, 1.82) is 0 Å². The molecule has 5 heteroatoms. The summed E-state index contributed by atoms with van der Waals surface area (Å²) in [7, 11) is 0. The second kappa shape index (κ2) is 7.08. The van der Waals surface area contributed by atoms with Crippen molar-refractivity contribution in [2.45, 2.75) is 33.3 Å². The molecule has 1 atom stereocenters. The first-order valence-corrected chi connectivity index (χ1v) is 6.12. The van der Waals surface area contributed by atoms with Crippen LogP contribution in [0.4, 0.5) is 5.69 Å². The number of hydrogen-bond donors (Lipinski definition) is 2.